The number of rotatable bonds is 3. The van der Waals surface area contributed by atoms with E-state index in [0.29, 0.717) is 5.13 Å². The summed E-state index contributed by atoms with van der Waals surface area (Å²) in [6.45, 7) is 0.873. The summed E-state index contributed by atoms with van der Waals surface area (Å²) < 4.78 is 0. The van der Waals surface area contributed by atoms with Gasteiger partial charge in [0.2, 0.25) is 0 Å². The van der Waals surface area contributed by atoms with Crippen molar-refractivity contribution in [3.8, 4) is 0 Å². The van der Waals surface area contributed by atoms with Crippen LogP contribution in [0.5, 0.6) is 0 Å². The molecular weight excluding hydrogens is 158 g/mol. The van der Waals surface area contributed by atoms with Gasteiger partial charge in [0.15, 0.2) is 5.13 Å². The zero-order valence-corrected chi connectivity index (χ0v) is 7.19. The monoisotopic (exact) mass is 169 g/mol. The number of hydrogen-bond donors (Lipinski definition) is 2. The molecule has 0 saturated heterocycles. The van der Waals surface area contributed by atoms with Gasteiger partial charge in [-0.15, -0.1) is 0 Å². The van der Waals surface area contributed by atoms with E-state index in [2.05, 4.69) is 10.3 Å². The quantitative estimate of drug-likeness (QED) is 0.708. The zero-order valence-electron chi connectivity index (χ0n) is 6.37. The molecule has 0 radical (unpaired) electrons. The van der Waals surface area contributed by atoms with Crippen molar-refractivity contribution < 1.29 is 0 Å². The van der Waals surface area contributed by atoms with Gasteiger partial charge in [-0.05, 0) is 13.1 Å². The van der Waals surface area contributed by atoms with Gasteiger partial charge in [0, 0.05) is 17.6 Å². The topological polar surface area (TPSA) is 50.9 Å². The highest BCUT2D eigenvalue weighted by atomic mass is 32.1. The lowest BCUT2D eigenvalue weighted by Crippen LogP contribution is -2.03. The predicted octanol–water partition coefficient (Wildman–Crippen LogP) is 0.958. The van der Waals surface area contributed by atoms with E-state index in [0.717, 1.165) is 11.4 Å². The minimum atomic E-state index is 0.620. The van der Waals surface area contributed by atoms with E-state index in [4.69, 9.17) is 5.73 Å². The van der Waals surface area contributed by atoms with Gasteiger partial charge in [-0.25, -0.2) is 4.98 Å². The Morgan fingerprint density at radius 3 is 3.18 bits per heavy atom. The Bertz CT molecular complexity index is 242. The first-order valence-corrected chi connectivity index (χ1v) is 4.17. The molecule has 0 aromatic carbocycles. The molecule has 4 heteroatoms. The van der Waals surface area contributed by atoms with Crippen molar-refractivity contribution in [3.05, 3.63) is 17.2 Å². The predicted molar refractivity (Wildman–Crippen MR) is 49.5 cm³/mol. The van der Waals surface area contributed by atoms with Crippen molar-refractivity contribution in [3.63, 3.8) is 0 Å². The highest BCUT2D eigenvalue weighted by Crippen LogP contribution is 2.15. The SMILES string of the molecule is CNCC=Cc1cnc(N)s1. The van der Waals surface area contributed by atoms with Crippen LogP contribution in [0, 0.1) is 0 Å². The van der Waals surface area contributed by atoms with E-state index in [1.54, 1.807) is 6.20 Å². The van der Waals surface area contributed by atoms with Crippen molar-refractivity contribution in [2.75, 3.05) is 19.3 Å². The van der Waals surface area contributed by atoms with Crippen molar-refractivity contribution >= 4 is 22.5 Å². The Hall–Kier alpha value is -0.870. The molecule has 1 aromatic rings. The summed E-state index contributed by atoms with van der Waals surface area (Å²) in [5, 5.41) is 3.63. The van der Waals surface area contributed by atoms with Crippen LogP contribution in [0.3, 0.4) is 0 Å². The minimum absolute atomic E-state index is 0.620. The third-order valence-electron chi connectivity index (χ3n) is 1.15. The normalized spacial score (nSPS) is 11.0. The Labute approximate surface area is 70.0 Å². The summed E-state index contributed by atoms with van der Waals surface area (Å²) in [5.41, 5.74) is 5.44. The van der Waals surface area contributed by atoms with Gasteiger partial charge >= 0.3 is 0 Å². The molecule has 1 heterocycles. The number of hydrogen-bond acceptors (Lipinski definition) is 4. The Morgan fingerprint density at radius 2 is 2.64 bits per heavy atom. The summed E-state index contributed by atoms with van der Waals surface area (Å²) in [6.07, 6.45) is 5.81. The molecule has 0 unspecified atom stereocenters. The van der Waals surface area contributed by atoms with Crippen LogP contribution in [-0.2, 0) is 0 Å². The first-order valence-electron chi connectivity index (χ1n) is 3.35. The average molecular weight is 169 g/mol. The second-order valence-corrected chi connectivity index (χ2v) is 3.15. The largest absolute Gasteiger partial charge is 0.375 e. The summed E-state index contributed by atoms with van der Waals surface area (Å²) in [5.74, 6) is 0. The van der Waals surface area contributed by atoms with Gasteiger partial charge in [0.25, 0.3) is 0 Å². The smallest absolute Gasteiger partial charge is 0.180 e. The standard InChI is InChI=1S/C7H11N3S/c1-9-4-2-3-6-5-10-7(8)11-6/h2-3,5,9H,4H2,1H3,(H2,8,10). The molecule has 1 aromatic heterocycles. The zero-order chi connectivity index (χ0) is 8.10. The number of likely N-dealkylation sites (N-methyl/N-ethyl adjacent to an activating group) is 1. The van der Waals surface area contributed by atoms with E-state index in [1.807, 2.05) is 19.2 Å². The second-order valence-electron chi connectivity index (χ2n) is 2.06. The van der Waals surface area contributed by atoms with E-state index in [-0.39, 0.29) is 0 Å². The molecule has 3 nitrogen and oxygen atoms in total. The number of anilines is 1. The maximum atomic E-state index is 5.44. The minimum Gasteiger partial charge on any atom is -0.375 e. The van der Waals surface area contributed by atoms with Crippen LogP contribution in [0.25, 0.3) is 6.08 Å². The van der Waals surface area contributed by atoms with E-state index < -0.39 is 0 Å². The number of nitrogens with zero attached hydrogens (tertiary/aromatic N) is 1. The van der Waals surface area contributed by atoms with Gasteiger partial charge in [-0.1, -0.05) is 17.4 Å². The lowest BCUT2D eigenvalue weighted by molar-refractivity contribution is 0.922. The van der Waals surface area contributed by atoms with Gasteiger partial charge < -0.3 is 11.1 Å². The summed E-state index contributed by atoms with van der Waals surface area (Å²) in [4.78, 5) is 5.02. The number of nitrogen functional groups attached to an aromatic ring is 1. The van der Waals surface area contributed by atoms with Gasteiger partial charge in [0.1, 0.15) is 0 Å². The second kappa shape index (κ2) is 4.10. The van der Waals surface area contributed by atoms with Crippen LogP contribution in [0.4, 0.5) is 5.13 Å². The van der Waals surface area contributed by atoms with Gasteiger partial charge in [-0.2, -0.15) is 0 Å². The first kappa shape index (κ1) is 8.23. The number of nitrogens with one attached hydrogen (secondary N) is 1. The molecule has 11 heavy (non-hydrogen) atoms. The van der Waals surface area contributed by atoms with Crippen LogP contribution in [0.15, 0.2) is 12.3 Å². The molecule has 1 rings (SSSR count). The molecule has 0 aliphatic rings. The lowest BCUT2D eigenvalue weighted by Gasteiger charge is -1.85. The molecule has 0 atom stereocenters. The average Bonchev–Trinajstić information content (AvgIpc) is 2.37. The molecule has 0 amide bonds. The number of aromatic nitrogens is 1. The molecule has 0 spiro atoms. The van der Waals surface area contributed by atoms with Crippen LogP contribution in [-0.4, -0.2) is 18.6 Å². The van der Waals surface area contributed by atoms with Crippen molar-refractivity contribution in [2.24, 2.45) is 0 Å². The fraction of sp³-hybridized carbons (Fsp3) is 0.286. The summed E-state index contributed by atoms with van der Waals surface area (Å²) in [7, 11) is 1.91. The Kier molecular flexibility index (Phi) is 3.07. The van der Waals surface area contributed by atoms with Gasteiger partial charge in [0.05, 0.1) is 0 Å². The molecule has 0 saturated carbocycles. The molecule has 0 aliphatic carbocycles. The first-order chi connectivity index (χ1) is 5.33. The maximum absolute atomic E-state index is 5.44. The third kappa shape index (κ3) is 2.69. The van der Waals surface area contributed by atoms with Crippen molar-refractivity contribution in [1.82, 2.24) is 10.3 Å². The molecular formula is C7H11N3S. The van der Waals surface area contributed by atoms with Crippen LogP contribution < -0.4 is 11.1 Å². The highest BCUT2D eigenvalue weighted by molar-refractivity contribution is 7.16. The third-order valence-corrected chi connectivity index (χ3v) is 1.94. The Morgan fingerprint density at radius 1 is 1.82 bits per heavy atom. The van der Waals surface area contributed by atoms with E-state index in [1.165, 1.54) is 11.3 Å². The highest BCUT2D eigenvalue weighted by Gasteiger charge is 1.91. The van der Waals surface area contributed by atoms with Crippen molar-refractivity contribution in [2.45, 2.75) is 0 Å². The molecule has 3 N–H and O–H groups in total. The van der Waals surface area contributed by atoms with Crippen LogP contribution >= 0.6 is 11.3 Å². The lowest BCUT2D eigenvalue weighted by atomic mass is 10.4. The van der Waals surface area contributed by atoms with Gasteiger partial charge in [-0.3, -0.25) is 0 Å². The van der Waals surface area contributed by atoms with E-state index in [9.17, 15) is 0 Å². The Balaban J connectivity index is 2.50. The number of nitrogens with two attached hydrogens (primary N) is 1. The van der Waals surface area contributed by atoms with Crippen LogP contribution in [0.2, 0.25) is 0 Å². The molecule has 0 bridgehead atoms. The molecule has 0 aliphatic heterocycles. The fourth-order valence-electron chi connectivity index (χ4n) is 0.671. The number of thiazole rings is 1. The summed E-state index contributed by atoms with van der Waals surface area (Å²) >= 11 is 1.49. The fourth-order valence-corrected chi connectivity index (χ4v) is 1.29. The van der Waals surface area contributed by atoms with Crippen molar-refractivity contribution in [1.29, 1.82) is 0 Å². The molecule has 0 fully saturated rings. The van der Waals surface area contributed by atoms with E-state index >= 15 is 0 Å². The maximum Gasteiger partial charge on any atom is 0.180 e. The van der Waals surface area contributed by atoms with Crippen LogP contribution in [0.1, 0.15) is 4.88 Å². The molecule has 60 valence electrons. The summed E-state index contributed by atoms with van der Waals surface area (Å²) in [6, 6.07) is 0.